The molecule has 1 amide bonds. The number of aromatic nitrogens is 2. The molecule has 2 atom stereocenters. The summed E-state index contributed by atoms with van der Waals surface area (Å²) in [5, 5.41) is 9.26. The molecule has 168 valence electrons. The molecule has 10 heteroatoms. The van der Waals surface area contributed by atoms with Crippen molar-refractivity contribution in [3.05, 3.63) is 36.2 Å². The van der Waals surface area contributed by atoms with Gasteiger partial charge in [-0.15, -0.1) is 0 Å². The largest absolute Gasteiger partial charge is 0.479 e. The van der Waals surface area contributed by atoms with E-state index in [0.717, 1.165) is 6.08 Å². The van der Waals surface area contributed by atoms with Gasteiger partial charge in [0.05, 0.1) is 11.7 Å². The van der Waals surface area contributed by atoms with Crippen LogP contribution >= 0.6 is 0 Å². The van der Waals surface area contributed by atoms with Crippen molar-refractivity contribution in [1.82, 2.24) is 14.9 Å². The van der Waals surface area contributed by atoms with E-state index in [0.29, 0.717) is 31.5 Å². The normalized spacial score (nSPS) is 23.6. The predicted molar refractivity (Wildman–Crippen MR) is 108 cm³/mol. The molecule has 0 spiro atoms. The molecular weight excluding hydrogens is 409 g/mol. The number of hydrogen-bond donors (Lipinski definition) is 1. The Hall–Kier alpha value is -3.17. The van der Waals surface area contributed by atoms with Crippen molar-refractivity contribution >= 4 is 12.1 Å². The summed E-state index contributed by atoms with van der Waals surface area (Å²) in [5.41, 5.74) is -2.27. The van der Waals surface area contributed by atoms with Gasteiger partial charge in [0.1, 0.15) is 12.4 Å². The highest BCUT2D eigenvalue weighted by Crippen LogP contribution is 2.31. The van der Waals surface area contributed by atoms with Crippen LogP contribution in [0.25, 0.3) is 0 Å². The van der Waals surface area contributed by atoms with Crippen molar-refractivity contribution < 1.29 is 33.3 Å². The number of alkyl halides is 1. The van der Waals surface area contributed by atoms with E-state index in [1.807, 2.05) is 0 Å². The molecule has 0 aromatic carbocycles. The molecule has 1 aliphatic heterocycles. The number of carboxylic acid groups (broad SMARTS) is 1. The Kier molecular flexibility index (Phi) is 6.77. The Labute approximate surface area is 179 Å². The Morgan fingerprint density at radius 2 is 1.84 bits per heavy atom. The molecule has 2 heterocycles. The van der Waals surface area contributed by atoms with Gasteiger partial charge in [0, 0.05) is 25.9 Å². The molecule has 1 fully saturated rings. The number of aliphatic carboxylic acids is 1. The van der Waals surface area contributed by atoms with Crippen LogP contribution in [-0.4, -0.2) is 69.1 Å². The summed E-state index contributed by atoms with van der Waals surface area (Å²) in [5.74, 6) is -1.34. The van der Waals surface area contributed by atoms with Gasteiger partial charge in [-0.2, -0.15) is 0 Å². The van der Waals surface area contributed by atoms with Crippen molar-refractivity contribution in [3.63, 3.8) is 0 Å². The molecule has 2 unspecified atom stereocenters. The zero-order valence-corrected chi connectivity index (χ0v) is 17.7. The molecule has 1 aliphatic carbocycles. The summed E-state index contributed by atoms with van der Waals surface area (Å²) in [6, 6.07) is 0. The summed E-state index contributed by atoms with van der Waals surface area (Å²) < 4.78 is 31.6. The van der Waals surface area contributed by atoms with Crippen LogP contribution in [0.1, 0.15) is 32.3 Å². The van der Waals surface area contributed by atoms with Gasteiger partial charge < -0.3 is 24.2 Å². The molecule has 0 radical (unpaired) electrons. The minimum Gasteiger partial charge on any atom is -0.479 e. The van der Waals surface area contributed by atoms with Gasteiger partial charge in [0.2, 0.25) is 11.8 Å². The van der Waals surface area contributed by atoms with E-state index in [4.69, 9.17) is 14.2 Å². The smallest absolute Gasteiger partial charge is 0.410 e. The number of piperidine rings is 1. The van der Waals surface area contributed by atoms with Crippen LogP contribution in [0.3, 0.4) is 0 Å². The lowest BCUT2D eigenvalue weighted by atomic mass is 9.94. The Morgan fingerprint density at radius 3 is 2.45 bits per heavy atom. The number of hydrogen-bond acceptors (Lipinski definition) is 7. The summed E-state index contributed by atoms with van der Waals surface area (Å²) in [6.07, 6.45) is 5.41. The van der Waals surface area contributed by atoms with Crippen molar-refractivity contribution in [1.29, 1.82) is 0 Å². The Morgan fingerprint density at radius 1 is 1.19 bits per heavy atom. The average molecular weight is 435 g/mol. The van der Waals surface area contributed by atoms with Crippen LogP contribution in [0.15, 0.2) is 30.6 Å². The van der Waals surface area contributed by atoms with Gasteiger partial charge in [-0.05, 0) is 32.9 Å². The second-order valence-electron chi connectivity index (χ2n) is 7.70. The fraction of sp³-hybridized carbons (Fsp3) is 0.524. The van der Waals surface area contributed by atoms with Crippen LogP contribution in [0.2, 0.25) is 0 Å². The van der Waals surface area contributed by atoms with Crippen LogP contribution in [0, 0.1) is 6.92 Å². The summed E-state index contributed by atoms with van der Waals surface area (Å²) in [6.45, 7) is 6.24. The Balaban J connectivity index is 1.64. The predicted octanol–water partition coefficient (Wildman–Crippen LogP) is 2.84. The number of halogens is 1. The maximum absolute atomic E-state index is 14.9. The lowest BCUT2D eigenvalue weighted by Crippen LogP contribution is -2.47. The fourth-order valence-corrected chi connectivity index (χ4v) is 3.28. The first-order valence-corrected chi connectivity index (χ1v) is 10.1. The molecule has 1 aromatic heterocycles. The number of rotatable bonds is 6. The van der Waals surface area contributed by atoms with E-state index in [1.54, 1.807) is 25.7 Å². The highest BCUT2D eigenvalue weighted by atomic mass is 19.1. The molecule has 1 N–H and O–H groups in total. The molecule has 2 aliphatic rings. The van der Waals surface area contributed by atoms with E-state index >= 15 is 0 Å². The lowest BCUT2D eigenvalue weighted by molar-refractivity contribution is -0.151. The second-order valence-corrected chi connectivity index (χ2v) is 7.70. The first-order valence-electron chi connectivity index (χ1n) is 10.1. The number of amides is 1. The van der Waals surface area contributed by atoms with Crippen molar-refractivity contribution in [3.8, 4) is 11.8 Å². The quantitative estimate of drug-likeness (QED) is 0.726. The molecule has 0 saturated carbocycles. The second kappa shape index (κ2) is 9.32. The first-order chi connectivity index (χ1) is 14.7. The van der Waals surface area contributed by atoms with E-state index in [9.17, 15) is 19.1 Å². The van der Waals surface area contributed by atoms with E-state index in [2.05, 4.69) is 9.97 Å². The number of allylic oxidation sites excluding steroid dienone is 2. The maximum Gasteiger partial charge on any atom is 0.410 e. The number of carboxylic acids is 1. The van der Waals surface area contributed by atoms with Crippen molar-refractivity contribution in [2.75, 3.05) is 13.1 Å². The number of likely N-dealkylation sites (tertiary alicyclic amines) is 1. The molecule has 1 aromatic rings. The third-order valence-corrected chi connectivity index (χ3v) is 5.02. The van der Waals surface area contributed by atoms with Crippen LogP contribution in [0.5, 0.6) is 11.8 Å². The number of carbonyl (C=O) groups excluding carboxylic acids is 1. The fourth-order valence-electron chi connectivity index (χ4n) is 3.28. The third kappa shape index (κ3) is 5.12. The van der Waals surface area contributed by atoms with Gasteiger partial charge in [-0.25, -0.2) is 23.9 Å². The van der Waals surface area contributed by atoms with E-state index in [-0.39, 0.29) is 30.1 Å². The zero-order valence-electron chi connectivity index (χ0n) is 17.7. The van der Waals surface area contributed by atoms with Crippen LogP contribution < -0.4 is 9.47 Å². The lowest BCUT2D eigenvalue weighted by Gasteiger charge is -2.32. The van der Waals surface area contributed by atoms with Gasteiger partial charge >= 0.3 is 12.1 Å². The van der Waals surface area contributed by atoms with Gasteiger partial charge in [-0.3, -0.25) is 0 Å². The number of ether oxygens (including phenoxy) is 3. The highest BCUT2D eigenvalue weighted by Gasteiger charge is 2.46. The average Bonchev–Trinajstić information content (AvgIpc) is 2.72. The van der Waals surface area contributed by atoms with Gasteiger partial charge in [0.15, 0.2) is 6.10 Å². The standard InChI is InChI=1S/C21H26FN3O6/c1-13(2)29-20(28)25-10-7-15(8-11-25)30-17-14(3)18(24-12-23-17)31-16-6-4-5-9-21(16,22)19(26)27/h4-6,9,12-13,15-16H,7-8,10-11H2,1-3H3,(H,26,27). The SMILES string of the molecule is Cc1c(OC2CCN(C(=O)OC(C)C)CC2)ncnc1OC1C=CC=CC1(F)C(=O)O. The van der Waals surface area contributed by atoms with E-state index in [1.165, 1.54) is 24.6 Å². The summed E-state index contributed by atoms with van der Waals surface area (Å²) in [4.78, 5) is 33.2. The monoisotopic (exact) mass is 435 g/mol. The molecule has 9 nitrogen and oxygen atoms in total. The molecular formula is C21H26FN3O6. The number of carbonyl (C=O) groups is 2. The third-order valence-electron chi connectivity index (χ3n) is 5.02. The Bertz CT molecular complexity index is 882. The first kappa shape index (κ1) is 22.5. The minimum absolute atomic E-state index is 0.0381. The van der Waals surface area contributed by atoms with Gasteiger partial charge in [0.25, 0.3) is 5.67 Å². The summed E-state index contributed by atoms with van der Waals surface area (Å²) >= 11 is 0. The minimum atomic E-state index is -2.70. The van der Waals surface area contributed by atoms with Crippen LogP contribution in [0.4, 0.5) is 9.18 Å². The van der Waals surface area contributed by atoms with Gasteiger partial charge in [-0.1, -0.05) is 12.2 Å². The van der Waals surface area contributed by atoms with Crippen molar-refractivity contribution in [2.24, 2.45) is 0 Å². The highest BCUT2D eigenvalue weighted by molar-refractivity contribution is 5.82. The summed E-state index contributed by atoms with van der Waals surface area (Å²) in [7, 11) is 0. The molecule has 3 rings (SSSR count). The number of nitrogens with zero attached hydrogens (tertiary/aromatic N) is 3. The van der Waals surface area contributed by atoms with E-state index < -0.39 is 17.7 Å². The van der Waals surface area contributed by atoms with Crippen molar-refractivity contribution in [2.45, 2.75) is 57.6 Å². The topological polar surface area (TPSA) is 111 Å². The van der Waals surface area contributed by atoms with Crippen LogP contribution in [-0.2, 0) is 9.53 Å². The zero-order chi connectivity index (χ0) is 22.6. The molecule has 0 bridgehead atoms. The molecule has 31 heavy (non-hydrogen) atoms. The maximum atomic E-state index is 14.9. The molecule has 1 saturated heterocycles.